The van der Waals surface area contributed by atoms with Gasteiger partial charge in [0, 0.05) is 11.6 Å². The van der Waals surface area contributed by atoms with Crippen molar-refractivity contribution in [3.05, 3.63) is 23.8 Å². The minimum atomic E-state index is 0. The number of ether oxygens (including phenoxy) is 2. The van der Waals surface area contributed by atoms with Crippen LogP contribution in [0.3, 0.4) is 0 Å². The Morgan fingerprint density at radius 3 is 2.39 bits per heavy atom. The van der Waals surface area contributed by atoms with Crippen molar-refractivity contribution in [1.29, 1.82) is 0 Å². The summed E-state index contributed by atoms with van der Waals surface area (Å²) in [4.78, 5) is 0. The zero-order valence-electron chi connectivity index (χ0n) is 11.0. The molecule has 2 N–H and O–H groups in total. The van der Waals surface area contributed by atoms with Gasteiger partial charge in [-0.25, -0.2) is 0 Å². The Morgan fingerprint density at radius 1 is 1.17 bits per heavy atom. The maximum atomic E-state index is 6.36. The van der Waals surface area contributed by atoms with Gasteiger partial charge in [0.15, 0.2) is 0 Å². The normalized spacial score (nSPS) is 17.1. The highest BCUT2D eigenvalue weighted by Crippen LogP contribution is 2.38. The molecule has 18 heavy (non-hydrogen) atoms. The van der Waals surface area contributed by atoms with Crippen LogP contribution in [-0.4, -0.2) is 14.2 Å². The minimum Gasteiger partial charge on any atom is -0.497 e. The third-order valence-corrected chi connectivity index (χ3v) is 3.70. The first kappa shape index (κ1) is 15.1. The number of nitrogens with two attached hydrogens (primary N) is 1. The van der Waals surface area contributed by atoms with Gasteiger partial charge in [0.25, 0.3) is 0 Å². The molecule has 102 valence electrons. The average Bonchev–Trinajstić information content (AvgIpc) is 2.91. The van der Waals surface area contributed by atoms with E-state index in [2.05, 4.69) is 0 Å². The number of rotatable bonds is 4. The number of halogens is 1. The fraction of sp³-hybridized carbons (Fsp3) is 0.571. The van der Waals surface area contributed by atoms with E-state index in [1.807, 2.05) is 18.2 Å². The predicted octanol–water partition coefficient (Wildman–Crippen LogP) is 3.32. The van der Waals surface area contributed by atoms with E-state index in [4.69, 9.17) is 15.2 Å². The summed E-state index contributed by atoms with van der Waals surface area (Å²) in [6, 6.07) is 5.90. The summed E-state index contributed by atoms with van der Waals surface area (Å²) >= 11 is 0. The molecule has 0 unspecified atom stereocenters. The second-order valence-corrected chi connectivity index (χ2v) is 4.68. The standard InChI is InChI=1S/C14H21NO2.ClH/c1-16-11-7-8-13(17-2)12(9-11)14(15)10-5-3-4-6-10;/h7-10,14H,3-6,15H2,1-2H3;1H/t14-;/m1./s1. The molecule has 0 radical (unpaired) electrons. The molecule has 1 aliphatic rings. The molecule has 1 aromatic rings. The molecule has 1 fully saturated rings. The molecule has 1 aromatic carbocycles. The Labute approximate surface area is 115 Å². The van der Waals surface area contributed by atoms with Gasteiger partial charge in [0.2, 0.25) is 0 Å². The van der Waals surface area contributed by atoms with E-state index < -0.39 is 0 Å². The van der Waals surface area contributed by atoms with Crippen LogP contribution in [0, 0.1) is 5.92 Å². The Bertz CT molecular complexity index is 378. The van der Waals surface area contributed by atoms with Crippen LogP contribution in [0.1, 0.15) is 37.3 Å². The Hall–Kier alpha value is -0.930. The minimum absolute atomic E-state index is 0. The molecule has 4 heteroatoms. The molecule has 2 rings (SSSR count). The molecule has 0 aliphatic heterocycles. The van der Waals surface area contributed by atoms with Gasteiger partial charge in [0.05, 0.1) is 14.2 Å². The molecular formula is C14H22ClNO2. The average molecular weight is 272 g/mol. The number of hydrogen-bond acceptors (Lipinski definition) is 3. The van der Waals surface area contributed by atoms with Crippen LogP contribution in [0.25, 0.3) is 0 Å². The Balaban J connectivity index is 0.00000162. The van der Waals surface area contributed by atoms with Gasteiger partial charge in [-0.2, -0.15) is 0 Å². The van der Waals surface area contributed by atoms with Crippen LogP contribution in [-0.2, 0) is 0 Å². The second-order valence-electron chi connectivity index (χ2n) is 4.68. The van der Waals surface area contributed by atoms with Gasteiger partial charge in [-0.1, -0.05) is 12.8 Å². The summed E-state index contributed by atoms with van der Waals surface area (Å²) in [5.41, 5.74) is 7.43. The summed E-state index contributed by atoms with van der Waals surface area (Å²) in [7, 11) is 3.36. The number of methoxy groups -OCH3 is 2. The molecule has 0 bridgehead atoms. The first-order valence-corrected chi connectivity index (χ1v) is 6.23. The molecule has 0 heterocycles. The first-order chi connectivity index (χ1) is 8.26. The molecule has 1 aliphatic carbocycles. The molecule has 0 spiro atoms. The molecule has 3 nitrogen and oxygen atoms in total. The lowest BCUT2D eigenvalue weighted by atomic mass is 9.92. The van der Waals surface area contributed by atoms with E-state index in [0.29, 0.717) is 5.92 Å². The molecule has 0 saturated heterocycles. The van der Waals surface area contributed by atoms with Crippen LogP contribution in [0.15, 0.2) is 18.2 Å². The summed E-state index contributed by atoms with van der Waals surface area (Å²) in [5, 5.41) is 0. The van der Waals surface area contributed by atoms with E-state index in [1.165, 1.54) is 25.7 Å². The predicted molar refractivity (Wildman–Crippen MR) is 75.7 cm³/mol. The van der Waals surface area contributed by atoms with Crippen LogP contribution >= 0.6 is 12.4 Å². The quantitative estimate of drug-likeness (QED) is 0.914. The van der Waals surface area contributed by atoms with Crippen molar-refractivity contribution in [2.24, 2.45) is 11.7 Å². The fourth-order valence-corrected chi connectivity index (χ4v) is 2.67. The van der Waals surface area contributed by atoms with E-state index in [9.17, 15) is 0 Å². The monoisotopic (exact) mass is 271 g/mol. The van der Waals surface area contributed by atoms with Crippen LogP contribution < -0.4 is 15.2 Å². The highest BCUT2D eigenvalue weighted by molar-refractivity contribution is 5.85. The van der Waals surface area contributed by atoms with Crippen LogP contribution in [0.2, 0.25) is 0 Å². The molecule has 1 saturated carbocycles. The van der Waals surface area contributed by atoms with Gasteiger partial charge >= 0.3 is 0 Å². The SMILES string of the molecule is COc1ccc(OC)c([C@H](N)C2CCCC2)c1.Cl. The number of benzene rings is 1. The van der Waals surface area contributed by atoms with Crippen molar-refractivity contribution >= 4 is 12.4 Å². The van der Waals surface area contributed by atoms with E-state index >= 15 is 0 Å². The third-order valence-electron chi connectivity index (χ3n) is 3.70. The molecule has 0 amide bonds. The molecule has 0 aromatic heterocycles. The van der Waals surface area contributed by atoms with Gasteiger partial charge in [0.1, 0.15) is 11.5 Å². The maximum absolute atomic E-state index is 6.36. The van der Waals surface area contributed by atoms with Gasteiger partial charge in [-0.05, 0) is 37.0 Å². The van der Waals surface area contributed by atoms with E-state index in [1.54, 1.807) is 14.2 Å². The van der Waals surface area contributed by atoms with Crippen LogP contribution in [0.4, 0.5) is 0 Å². The highest BCUT2D eigenvalue weighted by Gasteiger charge is 2.25. The topological polar surface area (TPSA) is 44.5 Å². The van der Waals surface area contributed by atoms with E-state index in [0.717, 1.165) is 17.1 Å². The van der Waals surface area contributed by atoms with Crippen molar-refractivity contribution in [2.75, 3.05) is 14.2 Å². The smallest absolute Gasteiger partial charge is 0.123 e. The summed E-state index contributed by atoms with van der Waals surface area (Å²) in [6.07, 6.45) is 5.04. The lowest BCUT2D eigenvalue weighted by Gasteiger charge is -2.22. The molecule has 1 atom stereocenters. The number of hydrogen-bond donors (Lipinski definition) is 1. The van der Waals surface area contributed by atoms with Crippen molar-refractivity contribution in [1.82, 2.24) is 0 Å². The second kappa shape index (κ2) is 6.86. The van der Waals surface area contributed by atoms with Crippen molar-refractivity contribution < 1.29 is 9.47 Å². The first-order valence-electron chi connectivity index (χ1n) is 6.23. The van der Waals surface area contributed by atoms with Gasteiger partial charge < -0.3 is 15.2 Å². The van der Waals surface area contributed by atoms with E-state index in [-0.39, 0.29) is 18.4 Å². The van der Waals surface area contributed by atoms with Crippen molar-refractivity contribution in [3.63, 3.8) is 0 Å². The fourth-order valence-electron chi connectivity index (χ4n) is 2.67. The van der Waals surface area contributed by atoms with Crippen molar-refractivity contribution in [3.8, 4) is 11.5 Å². The summed E-state index contributed by atoms with van der Waals surface area (Å²) in [6.45, 7) is 0. The summed E-state index contributed by atoms with van der Waals surface area (Å²) in [5.74, 6) is 2.29. The lowest BCUT2D eigenvalue weighted by molar-refractivity contribution is 0.378. The van der Waals surface area contributed by atoms with Gasteiger partial charge in [-0.3, -0.25) is 0 Å². The zero-order chi connectivity index (χ0) is 12.3. The third kappa shape index (κ3) is 3.09. The summed E-state index contributed by atoms with van der Waals surface area (Å²) < 4.78 is 10.6. The molecular weight excluding hydrogens is 250 g/mol. The Morgan fingerprint density at radius 2 is 1.83 bits per heavy atom. The highest BCUT2D eigenvalue weighted by atomic mass is 35.5. The van der Waals surface area contributed by atoms with Gasteiger partial charge in [-0.15, -0.1) is 12.4 Å². The van der Waals surface area contributed by atoms with Crippen molar-refractivity contribution in [2.45, 2.75) is 31.7 Å². The lowest BCUT2D eigenvalue weighted by Crippen LogP contribution is -2.19. The van der Waals surface area contributed by atoms with Crippen LogP contribution in [0.5, 0.6) is 11.5 Å². The Kier molecular flexibility index (Phi) is 5.76. The largest absolute Gasteiger partial charge is 0.497 e. The maximum Gasteiger partial charge on any atom is 0.123 e. The zero-order valence-corrected chi connectivity index (χ0v) is 11.8.